The Bertz CT molecular complexity index is 1010. The van der Waals surface area contributed by atoms with Crippen molar-refractivity contribution in [1.82, 2.24) is 9.88 Å². The molecule has 1 aromatic heterocycles. The Balaban J connectivity index is 1.46. The predicted molar refractivity (Wildman–Crippen MR) is 136 cm³/mol. The summed E-state index contributed by atoms with van der Waals surface area (Å²) < 4.78 is 30.6. The smallest absolute Gasteiger partial charge is 0.152 e. The molecule has 0 radical (unpaired) electrons. The topological polar surface area (TPSA) is 59.5 Å². The molecule has 4 rings (SSSR count). The van der Waals surface area contributed by atoms with Crippen LogP contribution in [0.15, 0.2) is 24.3 Å². The molecule has 0 bridgehead atoms. The van der Waals surface area contributed by atoms with Crippen molar-refractivity contribution < 1.29 is 13.2 Å². The van der Waals surface area contributed by atoms with E-state index in [-0.39, 0.29) is 23.7 Å². The van der Waals surface area contributed by atoms with Crippen LogP contribution in [0.5, 0.6) is 0 Å². The van der Waals surface area contributed by atoms with Crippen molar-refractivity contribution in [3.05, 3.63) is 50.4 Å². The molecule has 1 saturated carbocycles. The fraction of sp³-hybridized carbons (Fsp3) is 0.640. The first-order chi connectivity index (χ1) is 15.7. The van der Waals surface area contributed by atoms with Gasteiger partial charge >= 0.3 is 0 Å². The third-order valence-corrected chi connectivity index (χ3v) is 10.5. The van der Waals surface area contributed by atoms with Gasteiger partial charge in [0.1, 0.15) is 0 Å². The Kier molecular flexibility index (Phi) is 8.17. The van der Waals surface area contributed by atoms with E-state index >= 15 is 0 Å². The molecule has 2 aliphatic rings. The highest BCUT2D eigenvalue weighted by atomic mass is 35.5. The molecule has 1 saturated heterocycles. The summed E-state index contributed by atoms with van der Waals surface area (Å²) in [5.41, 5.74) is 2.40. The molecule has 0 amide bonds. The van der Waals surface area contributed by atoms with E-state index in [0.29, 0.717) is 25.1 Å². The first-order valence-electron chi connectivity index (χ1n) is 12.0. The molecule has 2 heterocycles. The molecule has 2 atom stereocenters. The number of ether oxygens (including phenoxy) is 1. The average molecular weight is 511 g/mol. The molecule has 1 aliphatic heterocycles. The molecule has 0 N–H and O–H groups in total. The van der Waals surface area contributed by atoms with Crippen LogP contribution < -0.4 is 0 Å². The normalized spacial score (nSPS) is 27.0. The van der Waals surface area contributed by atoms with Crippen molar-refractivity contribution in [2.24, 2.45) is 0 Å². The number of aromatic nitrogens is 1. The zero-order chi connectivity index (χ0) is 23.6. The molecular weight excluding hydrogens is 476 g/mol. The predicted octanol–water partition coefficient (Wildman–Crippen LogP) is 5.19. The fourth-order valence-electron chi connectivity index (χ4n) is 5.12. The molecule has 1 aromatic carbocycles. The van der Waals surface area contributed by atoms with Gasteiger partial charge in [-0.05, 0) is 63.6 Å². The fourth-order valence-corrected chi connectivity index (χ4v) is 7.35. The number of sulfone groups is 1. The van der Waals surface area contributed by atoms with Crippen molar-refractivity contribution in [2.75, 3.05) is 24.7 Å². The van der Waals surface area contributed by atoms with E-state index in [4.69, 9.17) is 21.3 Å². The van der Waals surface area contributed by atoms with E-state index < -0.39 is 9.84 Å². The Morgan fingerprint density at radius 3 is 2.45 bits per heavy atom. The maximum absolute atomic E-state index is 12.3. The number of morpholine rings is 1. The summed E-state index contributed by atoms with van der Waals surface area (Å²) in [6.07, 6.45) is 5.15. The van der Waals surface area contributed by atoms with E-state index in [1.807, 2.05) is 23.5 Å². The lowest BCUT2D eigenvalue weighted by Gasteiger charge is -2.46. The average Bonchev–Trinajstić information content (AvgIpc) is 3.14. The number of thiazole rings is 1. The van der Waals surface area contributed by atoms with E-state index in [1.54, 1.807) is 6.92 Å². The minimum absolute atomic E-state index is 0.112. The molecule has 182 valence electrons. The van der Waals surface area contributed by atoms with Gasteiger partial charge in [0.25, 0.3) is 0 Å². The second-order valence-corrected chi connectivity index (χ2v) is 13.6. The van der Waals surface area contributed by atoms with Crippen LogP contribution >= 0.6 is 22.9 Å². The third kappa shape index (κ3) is 6.37. The van der Waals surface area contributed by atoms with Crippen LogP contribution in [-0.4, -0.2) is 61.1 Å². The van der Waals surface area contributed by atoms with Gasteiger partial charge in [0.15, 0.2) is 9.84 Å². The summed E-state index contributed by atoms with van der Waals surface area (Å²) in [4.78, 5) is 8.70. The number of rotatable bonds is 7. The number of halogens is 1. The van der Waals surface area contributed by atoms with Crippen LogP contribution in [0.2, 0.25) is 5.02 Å². The lowest BCUT2D eigenvalue weighted by atomic mass is 9.84. The minimum atomic E-state index is -3.07. The summed E-state index contributed by atoms with van der Waals surface area (Å²) in [5, 5.41) is 2.03. The van der Waals surface area contributed by atoms with Gasteiger partial charge in [-0.2, -0.15) is 0 Å². The monoisotopic (exact) mass is 510 g/mol. The highest BCUT2D eigenvalue weighted by molar-refractivity contribution is 7.91. The first-order valence-corrected chi connectivity index (χ1v) is 15.0. The Labute approximate surface area is 207 Å². The van der Waals surface area contributed by atoms with Gasteiger partial charge in [0.05, 0.1) is 29.2 Å². The van der Waals surface area contributed by atoms with Gasteiger partial charge in [-0.25, -0.2) is 13.4 Å². The van der Waals surface area contributed by atoms with Gasteiger partial charge in [-0.3, -0.25) is 4.90 Å². The molecule has 2 unspecified atom stereocenters. The number of nitrogens with zero attached hydrogens (tertiary/aromatic N) is 2. The van der Waals surface area contributed by atoms with E-state index in [9.17, 15) is 8.42 Å². The molecule has 2 fully saturated rings. The third-order valence-electron chi connectivity index (χ3n) is 7.23. The Hall–Kier alpha value is -0.990. The first kappa shape index (κ1) is 25.1. The van der Waals surface area contributed by atoms with Crippen LogP contribution in [0, 0.1) is 13.8 Å². The largest absolute Gasteiger partial charge is 0.374 e. The number of aryl methyl sites for hydroxylation is 2. The maximum Gasteiger partial charge on any atom is 0.152 e. The van der Waals surface area contributed by atoms with Gasteiger partial charge in [-0.1, -0.05) is 30.7 Å². The van der Waals surface area contributed by atoms with Crippen LogP contribution in [-0.2, 0) is 21.0 Å². The molecule has 8 heteroatoms. The number of hydrogen-bond donors (Lipinski definition) is 0. The van der Waals surface area contributed by atoms with Gasteiger partial charge in [-0.15, -0.1) is 11.3 Å². The second-order valence-electron chi connectivity index (χ2n) is 9.53. The van der Waals surface area contributed by atoms with E-state index in [1.165, 1.54) is 15.4 Å². The Morgan fingerprint density at radius 1 is 1.15 bits per heavy atom. The van der Waals surface area contributed by atoms with E-state index in [2.05, 4.69) is 30.9 Å². The summed E-state index contributed by atoms with van der Waals surface area (Å²) in [5.74, 6) is 0.824. The number of hydrogen-bond acceptors (Lipinski definition) is 6. The second kappa shape index (κ2) is 10.7. The van der Waals surface area contributed by atoms with Crippen LogP contribution in [0.1, 0.15) is 59.7 Å². The van der Waals surface area contributed by atoms with Crippen LogP contribution in [0.3, 0.4) is 0 Å². The molecule has 5 nitrogen and oxygen atoms in total. The van der Waals surface area contributed by atoms with Crippen LogP contribution in [0.25, 0.3) is 0 Å². The number of benzene rings is 1. The minimum Gasteiger partial charge on any atom is -0.374 e. The lowest BCUT2D eigenvalue weighted by molar-refractivity contribution is -0.0755. The maximum atomic E-state index is 12.3. The van der Waals surface area contributed by atoms with Gasteiger partial charge in [0, 0.05) is 40.2 Å². The molecule has 0 spiro atoms. The molecule has 33 heavy (non-hydrogen) atoms. The standard InChI is InChI=1S/C25H35ClN2O3S2/c1-4-33(29,30)16-24-14-28(23(15-31-24)13-19-5-9-21(26)10-6-19)22-11-7-20(8-12-22)25-27-17(2)18(3)32-25/h5-6,9-10,20,22-24H,4,7-8,11-16H2,1-3H3. The highest BCUT2D eigenvalue weighted by Crippen LogP contribution is 2.38. The van der Waals surface area contributed by atoms with Gasteiger partial charge in [0.2, 0.25) is 0 Å². The van der Waals surface area contributed by atoms with Crippen molar-refractivity contribution >= 4 is 32.8 Å². The summed E-state index contributed by atoms with van der Waals surface area (Å²) >= 11 is 7.93. The van der Waals surface area contributed by atoms with Crippen LogP contribution in [0.4, 0.5) is 0 Å². The lowest BCUT2D eigenvalue weighted by Crippen LogP contribution is -2.56. The molecule has 2 aromatic rings. The van der Waals surface area contributed by atoms with Crippen molar-refractivity contribution in [1.29, 1.82) is 0 Å². The van der Waals surface area contributed by atoms with Crippen molar-refractivity contribution in [3.63, 3.8) is 0 Å². The van der Waals surface area contributed by atoms with Gasteiger partial charge < -0.3 is 4.74 Å². The summed E-state index contributed by atoms with van der Waals surface area (Å²) in [6.45, 7) is 7.21. The van der Waals surface area contributed by atoms with E-state index in [0.717, 1.165) is 42.8 Å². The van der Waals surface area contributed by atoms with Crippen molar-refractivity contribution in [2.45, 2.75) is 77.0 Å². The zero-order valence-electron chi connectivity index (χ0n) is 19.8. The van der Waals surface area contributed by atoms with Crippen molar-refractivity contribution in [3.8, 4) is 0 Å². The zero-order valence-corrected chi connectivity index (χ0v) is 22.2. The summed E-state index contributed by atoms with van der Waals surface area (Å²) in [7, 11) is -3.07. The molecular formula is C25H35ClN2O3S2. The SMILES string of the molecule is CCS(=O)(=O)CC1CN(C2CCC(c3nc(C)c(C)s3)CC2)C(Cc2ccc(Cl)cc2)CO1. The Morgan fingerprint density at radius 2 is 1.85 bits per heavy atom. The quantitative estimate of drug-likeness (QED) is 0.513. The summed E-state index contributed by atoms with van der Waals surface area (Å²) in [6, 6.07) is 8.74. The highest BCUT2D eigenvalue weighted by Gasteiger charge is 2.37. The molecule has 1 aliphatic carbocycles.